The Balaban J connectivity index is 0.000000196. The van der Waals surface area contributed by atoms with Crippen LogP contribution < -0.4 is 30.2 Å². The van der Waals surface area contributed by atoms with Gasteiger partial charge in [-0.1, -0.05) is 59.7 Å². The topological polar surface area (TPSA) is 137 Å². The van der Waals surface area contributed by atoms with Gasteiger partial charge in [0.1, 0.15) is 17.2 Å². The summed E-state index contributed by atoms with van der Waals surface area (Å²) in [5, 5.41) is 9.76. The van der Waals surface area contributed by atoms with Crippen molar-refractivity contribution in [2.24, 2.45) is 11.8 Å². The van der Waals surface area contributed by atoms with Gasteiger partial charge in [-0.05, 0) is 137 Å². The Morgan fingerprint density at radius 1 is 0.474 bits per heavy atom. The van der Waals surface area contributed by atoms with Gasteiger partial charge in [-0.15, -0.1) is 0 Å². The fourth-order valence-electron chi connectivity index (χ4n) is 6.23. The minimum absolute atomic E-state index is 0.153. The van der Waals surface area contributed by atoms with E-state index in [9.17, 15) is 9.59 Å². The van der Waals surface area contributed by atoms with Crippen LogP contribution in [0.1, 0.15) is 47.9 Å². The number of aryl methyl sites for hydroxylation is 4. The lowest BCUT2D eigenvalue weighted by molar-refractivity contribution is -0.145. The van der Waals surface area contributed by atoms with Gasteiger partial charge in [-0.25, -0.2) is 0 Å². The molecule has 3 N–H and O–H groups in total. The molecule has 1 fully saturated rings. The molecule has 5 aromatic carbocycles. The van der Waals surface area contributed by atoms with E-state index in [1.165, 1.54) is 0 Å². The second-order valence-corrected chi connectivity index (χ2v) is 14.2. The van der Waals surface area contributed by atoms with Crippen molar-refractivity contribution in [1.82, 2.24) is 15.0 Å². The van der Waals surface area contributed by atoms with Crippen LogP contribution >= 0.6 is 0 Å². The van der Waals surface area contributed by atoms with Crippen LogP contribution in [-0.2, 0) is 9.59 Å². The van der Waals surface area contributed by atoms with E-state index in [4.69, 9.17) is 14.2 Å². The van der Waals surface area contributed by atoms with Crippen LogP contribution in [0.2, 0.25) is 0 Å². The monoisotopic (exact) mass is 764 g/mol. The first-order valence-electron chi connectivity index (χ1n) is 19.0. The summed E-state index contributed by atoms with van der Waals surface area (Å²) in [5.74, 6) is 2.50. The third-order valence-electron chi connectivity index (χ3n) is 9.40. The van der Waals surface area contributed by atoms with E-state index < -0.39 is 0 Å². The van der Waals surface area contributed by atoms with Crippen LogP contribution in [0.25, 0.3) is 0 Å². The van der Waals surface area contributed by atoms with Crippen molar-refractivity contribution in [2.45, 2.75) is 53.4 Å². The third kappa shape index (κ3) is 12.1. The minimum atomic E-state index is -0.209. The maximum Gasteiger partial charge on any atom is 0.314 e. The molecule has 292 valence electrons. The molecule has 1 saturated carbocycles. The van der Waals surface area contributed by atoms with Gasteiger partial charge in [0, 0.05) is 17.1 Å². The highest BCUT2D eigenvalue weighted by molar-refractivity contribution is 5.78. The molecule has 0 bridgehead atoms. The van der Waals surface area contributed by atoms with E-state index in [2.05, 4.69) is 30.9 Å². The normalized spacial score (nSPS) is 14.6. The van der Waals surface area contributed by atoms with Crippen LogP contribution in [0.4, 0.5) is 34.9 Å². The van der Waals surface area contributed by atoms with Crippen LogP contribution in [0.3, 0.4) is 0 Å². The fraction of sp³-hybridized carbons (Fsp3) is 0.239. The molecular formula is C46H48N6O5. The Kier molecular flexibility index (Phi) is 13.5. The summed E-state index contributed by atoms with van der Waals surface area (Å²) < 4.78 is 16.1. The molecule has 0 atom stereocenters. The summed E-state index contributed by atoms with van der Waals surface area (Å²) in [6.07, 6.45) is 2.60. The molecule has 57 heavy (non-hydrogen) atoms. The summed E-state index contributed by atoms with van der Waals surface area (Å²) in [6.45, 7) is 8.06. The lowest BCUT2D eigenvalue weighted by Crippen LogP contribution is -2.30. The summed E-state index contributed by atoms with van der Waals surface area (Å²) in [7, 11) is 1.64. The number of methoxy groups -OCH3 is 1. The van der Waals surface area contributed by atoms with Crippen LogP contribution in [-0.4, -0.2) is 34.0 Å². The number of carbonyl (C=O) groups excluding carboxylic acids is 2. The number of hydrogen-bond donors (Lipinski definition) is 3. The molecule has 11 nitrogen and oxygen atoms in total. The van der Waals surface area contributed by atoms with Gasteiger partial charge < -0.3 is 30.2 Å². The number of nitrogens with one attached hydrogen (secondary N) is 3. The number of hydrogen-bond acceptors (Lipinski definition) is 11. The average molecular weight is 765 g/mol. The van der Waals surface area contributed by atoms with Crippen molar-refractivity contribution in [3.63, 3.8) is 0 Å². The number of carbonyl (C=O) groups is 2. The Morgan fingerprint density at radius 2 is 0.842 bits per heavy atom. The largest absolute Gasteiger partial charge is 0.497 e. The molecule has 11 heteroatoms. The van der Waals surface area contributed by atoms with Crippen molar-refractivity contribution < 1.29 is 23.8 Å². The maximum absolute atomic E-state index is 12.3. The number of benzene rings is 5. The second kappa shape index (κ2) is 19.2. The fourth-order valence-corrected chi connectivity index (χ4v) is 6.23. The van der Waals surface area contributed by atoms with E-state index in [1.54, 1.807) is 31.4 Å². The van der Waals surface area contributed by atoms with E-state index in [0.29, 0.717) is 55.0 Å². The molecule has 0 amide bonds. The lowest BCUT2D eigenvalue weighted by Gasteiger charge is -2.25. The first kappa shape index (κ1) is 39.9. The van der Waals surface area contributed by atoms with Crippen LogP contribution in [0.15, 0.2) is 121 Å². The zero-order valence-electron chi connectivity index (χ0n) is 32.9. The van der Waals surface area contributed by atoms with Gasteiger partial charge in [0.2, 0.25) is 17.8 Å². The molecular weight excluding hydrogens is 717 g/mol. The van der Waals surface area contributed by atoms with Crippen molar-refractivity contribution in [1.29, 1.82) is 0 Å². The van der Waals surface area contributed by atoms with Crippen LogP contribution in [0, 0.1) is 39.5 Å². The van der Waals surface area contributed by atoms with E-state index in [1.807, 2.05) is 125 Å². The predicted octanol–water partition coefficient (Wildman–Crippen LogP) is 10.3. The highest BCUT2D eigenvalue weighted by Gasteiger charge is 2.32. The molecule has 1 aromatic heterocycles. The average Bonchev–Trinajstić information content (AvgIpc) is 3.20. The number of ether oxygens (including phenoxy) is 3. The molecule has 0 radical (unpaired) electrons. The number of esters is 2. The van der Waals surface area contributed by atoms with E-state index in [-0.39, 0.29) is 23.8 Å². The zero-order valence-corrected chi connectivity index (χ0v) is 32.9. The van der Waals surface area contributed by atoms with Gasteiger partial charge >= 0.3 is 11.9 Å². The first-order valence-corrected chi connectivity index (χ1v) is 19.0. The van der Waals surface area contributed by atoms with Crippen molar-refractivity contribution in [3.8, 4) is 17.2 Å². The quantitative estimate of drug-likeness (QED) is 0.0859. The van der Waals surface area contributed by atoms with Gasteiger partial charge in [0.25, 0.3) is 0 Å². The highest BCUT2D eigenvalue weighted by atomic mass is 16.5. The number of aromatic nitrogens is 3. The molecule has 1 heterocycles. The maximum atomic E-state index is 12.3. The van der Waals surface area contributed by atoms with Crippen molar-refractivity contribution >= 4 is 46.8 Å². The molecule has 0 saturated heterocycles. The second-order valence-electron chi connectivity index (χ2n) is 14.2. The zero-order chi connectivity index (χ0) is 40.1. The highest BCUT2D eigenvalue weighted by Crippen LogP contribution is 2.32. The SMILES string of the molecule is COc1ccc(Nc2nc(Nc3cccc(C)c3)nc(Nc3cccc(C)c3)n2)cc1.Cc1ccc(OC(=O)C2CCC(C(=O)Oc3ccc(C)cc3)CC2)cc1. The number of nitrogens with zero attached hydrogens (tertiary/aromatic N) is 3. The molecule has 1 aliphatic carbocycles. The summed E-state index contributed by atoms with van der Waals surface area (Å²) in [6, 6.07) is 38.5. The van der Waals surface area contributed by atoms with Gasteiger partial charge in [0.05, 0.1) is 18.9 Å². The van der Waals surface area contributed by atoms with Crippen LogP contribution in [0.5, 0.6) is 17.2 Å². The van der Waals surface area contributed by atoms with Gasteiger partial charge in [0.15, 0.2) is 0 Å². The number of anilines is 6. The predicted molar refractivity (Wildman–Crippen MR) is 224 cm³/mol. The van der Waals surface area contributed by atoms with Gasteiger partial charge in [-0.2, -0.15) is 15.0 Å². The summed E-state index contributed by atoms with van der Waals surface area (Å²) in [5.41, 5.74) is 7.19. The summed E-state index contributed by atoms with van der Waals surface area (Å²) >= 11 is 0. The smallest absolute Gasteiger partial charge is 0.314 e. The molecule has 6 aromatic rings. The lowest BCUT2D eigenvalue weighted by atomic mass is 9.82. The molecule has 0 unspecified atom stereocenters. The van der Waals surface area contributed by atoms with Crippen molar-refractivity contribution in [3.05, 3.63) is 144 Å². The molecule has 7 rings (SSSR count). The Hall–Kier alpha value is -6.75. The van der Waals surface area contributed by atoms with E-state index >= 15 is 0 Å². The first-order chi connectivity index (χ1) is 27.6. The molecule has 0 aliphatic heterocycles. The molecule has 0 spiro atoms. The Labute approximate surface area is 333 Å². The third-order valence-corrected chi connectivity index (χ3v) is 9.40. The molecule has 1 aliphatic rings. The summed E-state index contributed by atoms with van der Waals surface area (Å²) in [4.78, 5) is 38.3. The van der Waals surface area contributed by atoms with Crippen molar-refractivity contribution in [2.75, 3.05) is 23.1 Å². The minimum Gasteiger partial charge on any atom is -0.497 e. The van der Waals surface area contributed by atoms with Gasteiger partial charge in [-0.3, -0.25) is 9.59 Å². The Bertz CT molecular complexity index is 2120. The standard InChI is InChI=1S/C24H24N6O.C22H24O4/c1-16-6-4-8-19(14-16)26-23-28-22(25-18-10-12-21(31-3)13-11-18)29-24(30-23)27-20-9-5-7-17(2)15-20;1-15-3-11-19(12-4-15)25-21(23)17-7-9-18(10-8-17)22(24)26-20-13-5-16(2)6-14-20/h4-15H,1-3H3,(H3,25,26,27,28,29,30);3-6,11-14,17-18H,7-10H2,1-2H3. The number of rotatable bonds is 11. The Morgan fingerprint density at radius 3 is 1.21 bits per heavy atom. The van der Waals surface area contributed by atoms with E-state index in [0.717, 1.165) is 45.1 Å².